The Balaban J connectivity index is 2.21. The molecule has 0 spiro atoms. The minimum Gasteiger partial charge on any atom is -0.209 e. The van der Waals surface area contributed by atoms with Gasteiger partial charge < -0.3 is 0 Å². The molecule has 0 aliphatic carbocycles. The predicted octanol–water partition coefficient (Wildman–Crippen LogP) is 2.31. The Kier molecular flexibility index (Phi) is 4.88. The molecule has 12 heteroatoms. The first-order valence-corrected chi connectivity index (χ1v) is 11.1. The minimum atomic E-state index is -3.55. The molecule has 0 amide bonds. The van der Waals surface area contributed by atoms with Crippen LogP contribution in [0.1, 0.15) is 0 Å². The average molecular weight is 359 g/mol. The molecule has 2 aromatic heterocycles. The van der Waals surface area contributed by atoms with Gasteiger partial charge in [-0.05, 0) is 24.0 Å². The van der Waals surface area contributed by atoms with Crippen molar-refractivity contribution in [2.75, 3.05) is 12.5 Å². The highest BCUT2D eigenvalue weighted by molar-refractivity contribution is 8.72. The second kappa shape index (κ2) is 6.05. The maximum atomic E-state index is 12.0. The Morgan fingerprint density at radius 1 is 1.00 bits per heavy atom. The maximum Gasteiger partial charge on any atom is 0.265 e. The molecule has 0 radical (unpaired) electrons. The molecule has 0 N–H and O–H groups in total. The number of thioether (sulfide) groups is 2. The molecule has 0 saturated heterocycles. The summed E-state index contributed by atoms with van der Waals surface area (Å²) in [6, 6.07) is 0. The summed E-state index contributed by atoms with van der Waals surface area (Å²) in [5.41, 5.74) is 0. The van der Waals surface area contributed by atoms with Crippen molar-refractivity contribution < 1.29 is 8.42 Å². The maximum absolute atomic E-state index is 12.0. The summed E-state index contributed by atoms with van der Waals surface area (Å²) >= 11 is 4.61. The summed E-state index contributed by atoms with van der Waals surface area (Å²) in [4.78, 5) is 8.01. The van der Waals surface area contributed by atoms with Crippen LogP contribution in [-0.2, 0) is 8.87 Å². The average Bonchev–Trinajstić information content (AvgIpc) is 2.96. The summed E-state index contributed by atoms with van der Waals surface area (Å²) in [7, 11) is -2.89. The lowest BCUT2D eigenvalue weighted by Crippen LogP contribution is -1.94. The van der Waals surface area contributed by atoms with Gasteiger partial charge in [-0.3, -0.25) is 0 Å². The Morgan fingerprint density at radius 3 is 2.17 bits per heavy atom. The van der Waals surface area contributed by atoms with Crippen LogP contribution in [0.5, 0.6) is 0 Å². The van der Waals surface area contributed by atoms with Gasteiger partial charge in [0.15, 0.2) is 4.34 Å². The van der Waals surface area contributed by atoms with Crippen molar-refractivity contribution in [3.8, 4) is 0 Å². The summed E-state index contributed by atoms with van der Waals surface area (Å²) in [5.74, 6) is 0. The standard InChI is InChI=1S/C6H6N4O2S6/c1-13-3-7-5(15-9-3)17-18(11,12)6-8-4(14-2)10-16-6/h1-2H3. The van der Waals surface area contributed by atoms with Crippen molar-refractivity contribution in [1.82, 2.24) is 18.7 Å². The lowest BCUT2D eigenvalue weighted by atomic mass is 11.3. The fraction of sp³-hybridized carbons (Fsp3) is 0.333. The third-order valence-corrected chi connectivity index (χ3v) is 8.45. The van der Waals surface area contributed by atoms with Crippen molar-refractivity contribution in [2.45, 2.75) is 19.0 Å². The molecule has 0 fully saturated rings. The molecule has 2 rings (SSSR count). The van der Waals surface area contributed by atoms with E-state index in [0.717, 1.165) is 23.1 Å². The molecule has 6 nitrogen and oxygen atoms in total. The Hall–Kier alpha value is 0.120. The van der Waals surface area contributed by atoms with Gasteiger partial charge in [0.2, 0.25) is 14.7 Å². The number of hydrogen-bond donors (Lipinski definition) is 0. The quantitative estimate of drug-likeness (QED) is 0.590. The highest BCUT2D eigenvalue weighted by Gasteiger charge is 2.24. The molecule has 0 aliphatic heterocycles. The van der Waals surface area contributed by atoms with Crippen molar-refractivity contribution in [3.63, 3.8) is 0 Å². The van der Waals surface area contributed by atoms with E-state index in [-0.39, 0.29) is 4.34 Å². The van der Waals surface area contributed by atoms with Gasteiger partial charge in [0.1, 0.15) is 0 Å². The molecule has 0 aliphatic rings. The summed E-state index contributed by atoms with van der Waals surface area (Å²) in [5, 5.41) is 1.03. The second-order valence-electron chi connectivity index (χ2n) is 2.63. The van der Waals surface area contributed by atoms with Crippen LogP contribution in [0.15, 0.2) is 19.0 Å². The third-order valence-electron chi connectivity index (χ3n) is 1.54. The molecule has 0 saturated carbocycles. The smallest absolute Gasteiger partial charge is 0.209 e. The molecule has 0 atom stereocenters. The zero-order valence-corrected chi connectivity index (χ0v) is 14.0. The van der Waals surface area contributed by atoms with Crippen LogP contribution in [-0.4, -0.2) is 39.6 Å². The molecule has 0 bridgehead atoms. The van der Waals surface area contributed by atoms with Crippen molar-refractivity contribution >= 4 is 66.3 Å². The largest absolute Gasteiger partial charge is 0.265 e. The van der Waals surface area contributed by atoms with Gasteiger partial charge in [0.25, 0.3) is 8.87 Å². The van der Waals surface area contributed by atoms with Crippen molar-refractivity contribution in [2.24, 2.45) is 0 Å². The summed E-state index contributed by atoms with van der Waals surface area (Å²) < 4.78 is 32.4. The summed E-state index contributed by atoms with van der Waals surface area (Å²) in [6.45, 7) is 0. The Bertz CT molecular complexity index is 634. The number of rotatable bonds is 5. The minimum absolute atomic E-state index is 0.00208. The SMILES string of the molecule is CSc1nsc(SS(=O)(=O)c2nc(SC)ns2)n1. The van der Waals surface area contributed by atoms with Crippen molar-refractivity contribution in [3.05, 3.63) is 0 Å². The van der Waals surface area contributed by atoms with E-state index in [0.29, 0.717) is 25.4 Å². The van der Waals surface area contributed by atoms with Crippen LogP contribution < -0.4 is 0 Å². The van der Waals surface area contributed by atoms with E-state index in [2.05, 4.69) is 18.7 Å². The van der Waals surface area contributed by atoms with E-state index >= 15 is 0 Å². The molecule has 0 unspecified atom stereocenters. The van der Waals surface area contributed by atoms with Crippen LogP contribution in [0, 0.1) is 0 Å². The summed E-state index contributed by atoms with van der Waals surface area (Å²) in [6.07, 6.45) is 3.63. The topological polar surface area (TPSA) is 85.7 Å². The van der Waals surface area contributed by atoms with E-state index < -0.39 is 8.87 Å². The molecular formula is C6H6N4O2S6. The van der Waals surface area contributed by atoms with Gasteiger partial charge in [0.05, 0.1) is 0 Å². The zero-order chi connectivity index (χ0) is 13.2. The van der Waals surface area contributed by atoms with Gasteiger partial charge in [-0.1, -0.05) is 23.5 Å². The van der Waals surface area contributed by atoms with Crippen LogP contribution in [0.4, 0.5) is 0 Å². The van der Waals surface area contributed by atoms with Crippen LogP contribution in [0.25, 0.3) is 0 Å². The first kappa shape index (κ1) is 14.5. The van der Waals surface area contributed by atoms with Gasteiger partial charge in [0, 0.05) is 22.3 Å². The lowest BCUT2D eigenvalue weighted by Gasteiger charge is -1.93. The van der Waals surface area contributed by atoms with E-state index in [1.807, 2.05) is 6.26 Å². The predicted molar refractivity (Wildman–Crippen MR) is 76.4 cm³/mol. The second-order valence-corrected chi connectivity index (χ2v) is 9.86. The van der Waals surface area contributed by atoms with Gasteiger partial charge >= 0.3 is 0 Å². The van der Waals surface area contributed by atoms with E-state index in [1.54, 1.807) is 6.26 Å². The molecule has 2 aromatic rings. The van der Waals surface area contributed by atoms with E-state index in [9.17, 15) is 8.42 Å². The van der Waals surface area contributed by atoms with E-state index in [1.165, 1.54) is 23.5 Å². The fourth-order valence-electron chi connectivity index (χ4n) is 0.825. The molecule has 18 heavy (non-hydrogen) atoms. The van der Waals surface area contributed by atoms with Crippen LogP contribution in [0.3, 0.4) is 0 Å². The lowest BCUT2D eigenvalue weighted by molar-refractivity contribution is 0.609. The Morgan fingerprint density at radius 2 is 1.61 bits per heavy atom. The first-order chi connectivity index (χ1) is 8.55. The normalized spacial score (nSPS) is 11.9. The number of nitrogens with zero attached hydrogens (tertiary/aromatic N) is 4. The van der Waals surface area contributed by atoms with Crippen LogP contribution >= 0.6 is 57.4 Å². The Labute approximate surface area is 124 Å². The third kappa shape index (κ3) is 3.36. The van der Waals surface area contributed by atoms with Crippen LogP contribution in [0.2, 0.25) is 0 Å². The molecule has 98 valence electrons. The zero-order valence-electron chi connectivity index (χ0n) is 9.05. The molecule has 2 heterocycles. The monoisotopic (exact) mass is 358 g/mol. The number of aromatic nitrogens is 4. The van der Waals surface area contributed by atoms with Gasteiger partial charge in [-0.25, -0.2) is 13.4 Å². The molecule has 0 aromatic carbocycles. The number of hydrogen-bond acceptors (Lipinski definition) is 11. The molecular weight excluding hydrogens is 352 g/mol. The van der Waals surface area contributed by atoms with Gasteiger partial charge in [-0.15, -0.1) is 0 Å². The fourth-order valence-corrected chi connectivity index (χ4v) is 6.84. The first-order valence-electron chi connectivity index (χ1n) is 4.25. The highest BCUT2D eigenvalue weighted by atomic mass is 33.1. The van der Waals surface area contributed by atoms with Crippen molar-refractivity contribution in [1.29, 1.82) is 0 Å². The van der Waals surface area contributed by atoms with Gasteiger partial charge in [-0.2, -0.15) is 13.7 Å². The highest BCUT2D eigenvalue weighted by Crippen LogP contribution is 2.34. The van der Waals surface area contributed by atoms with E-state index in [4.69, 9.17) is 0 Å².